The first-order valence-electron chi connectivity index (χ1n) is 12.1. The number of ether oxygens (including phenoxy) is 1. The van der Waals surface area contributed by atoms with Gasteiger partial charge in [-0.05, 0) is 37.1 Å². The molecular weight excluding hydrogens is 418 g/mol. The van der Waals surface area contributed by atoms with Gasteiger partial charge in [0.05, 0.1) is 19.3 Å². The van der Waals surface area contributed by atoms with Crippen LogP contribution in [0.5, 0.6) is 0 Å². The number of rotatable bonds is 4. The second-order valence-corrected chi connectivity index (χ2v) is 9.22. The molecule has 5 rings (SSSR count). The Morgan fingerprint density at radius 3 is 2.33 bits per heavy atom. The highest BCUT2D eigenvalue weighted by molar-refractivity contribution is 6.02. The molecule has 1 aromatic heterocycles. The van der Waals surface area contributed by atoms with E-state index in [9.17, 15) is 14.9 Å². The average Bonchev–Trinajstić information content (AvgIpc) is 3.52. The van der Waals surface area contributed by atoms with Crippen molar-refractivity contribution in [3.8, 4) is 6.07 Å². The molecule has 0 radical (unpaired) electrons. The molecule has 33 heavy (non-hydrogen) atoms. The third-order valence-corrected chi connectivity index (χ3v) is 7.34. The number of hydrogen-bond donors (Lipinski definition) is 0. The Bertz CT molecular complexity index is 1070. The highest BCUT2D eigenvalue weighted by Gasteiger charge is 2.29. The summed E-state index contributed by atoms with van der Waals surface area (Å²) in [5, 5.41) is 10.2. The van der Waals surface area contributed by atoms with Gasteiger partial charge in [0.25, 0.3) is 11.8 Å². The van der Waals surface area contributed by atoms with Crippen LogP contribution in [0.1, 0.15) is 46.5 Å². The molecule has 0 spiro atoms. The monoisotopic (exact) mass is 449 g/mol. The molecule has 1 aliphatic carbocycles. The molecule has 0 atom stereocenters. The normalized spacial score (nSPS) is 20.3. The van der Waals surface area contributed by atoms with Crippen LogP contribution in [0, 0.1) is 11.3 Å². The van der Waals surface area contributed by atoms with Gasteiger partial charge >= 0.3 is 0 Å². The number of carbonyl (C=O) groups excluding carboxylic acids is 2. The fraction of sp³-hybridized carbons (Fsp3) is 0.560. The second-order valence-electron chi connectivity index (χ2n) is 9.22. The average molecular weight is 450 g/mol. The van der Waals surface area contributed by atoms with Crippen LogP contribution >= 0.6 is 0 Å². The van der Waals surface area contributed by atoms with Crippen LogP contribution in [-0.4, -0.2) is 89.6 Å². The number of morpholine rings is 1. The van der Waals surface area contributed by atoms with E-state index in [1.807, 2.05) is 29.2 Å². The molecule has 1 aromatic carbocycles. The van der Waals surface area contributed by atoms with Gasteiger partial charge in [-0.15, -0.1) is 0 Å². The largest absolute Gasteiger partial charge is 0.378 e. The van der Waals surface area contributed by atoms with Crippen molar-refractivity contribution in [2.24, 2.45) is 0 Å². The number of benzene rings is 1. The molecule has 0 unspecified atom stereocenters. The van der Waals surface area contributed by atoms with E-state index < -0.39 is 0 Å². The Kier molecular flexibility index (Phi) is 6.34. The molecule has 2 aromatic rings. The zero-order valence-corrected chi connectivity index (χ0v) is 19.0. The van der Waals surface area contributed by atoms with Crippen LogP contribution in [-0.2, 0) is 11.3 Å². The van der Waals surface area contributed by atoms with Gasteiger partial charge in [0, 0.05) is 61.8 Å². The zero-order valence-electron chi connectivity index (χ0n) is 19.0. The SMILES string of the molecule is N#CCn1c(C(=O)N2CCOCC2)cc2cc(C(=O)N3CCN(C4CCCC4)CC3)ccc21. The Balaban J connectivity index is 1.35. The van der Waals surface area contributed by atoms with Gasteiger partial charge < -0.3 is 19.1 Å². The lowest BCUT2D eigenvalue weighted by atomic mass is 10.1. The number of nitrogens with zero attached hydrogens (tertiary/aromatic N) is 5. The van der Waals surface area contributed by atoms with Crippen LogP contribution in [0.25, 0.3) is 10.9 Å². The van der Waals surface area contributed by atoms with Crippen LogP contribution in [0.3, 0.4) is 0 Å². The summed E-state index contributed by atoms with van der Waals surface area (Å²) in [7, 11) is 0. The van der Waals surface area contributed by atoms with E-state index in [2.05, 4.69) is 11.0 Å². The topological polar surface area (TPSA) is 81.8 Å². The molecule has 3 heterocycles. The van der Waals surface area contributed by atoms with Gasteiger partial charge in [0.15, 0.2) is 0 Å². The second kappa shape index (κ2) is 9.54. The van der Waals surface area contributed by atoms with Gasteiger partial charge in [-0.2, -0.15) is 5.26 Å². The summed E-state index contributed by atoms with van der Waals surface area (Å²) in [6, 6.07) is 10.2. The van der Waals surface area contributed by atoms with Gasteiger partial charge in [0.1, 0.15) is 12.2 Å². The molecule has 0 N–H and O–H groups in total. The summed E-state index contributed by atoms with van der Waals surface area (Å²) >= 11 is 0. The number of aromatic nitrogens is 1. The lowest BCUT2D eigenvalue weighted by Crippen LogP contribution is -2.51. The summed E-state index contributed by atoms with van der Waals surface area (Å²) in [5.41, 5.74) is 1.93. The van der Waals surface area contributed by atoms with Crippen LogP contribution < -0.4 is 0 Å². The fourth-order valence-corrected chi connectivity index (χ4v) is 5.49. The van der Waals surface area contributed by atoms with Crippen molar-refractivity contribution in [1.29, 1.82) is 5.26 Å². The van der Waals surface area contributed by atoms with Gasteiger partial charge in [-0.25, -0.2) is 0 Å². The molecule has 3 fully saturated rings. The van der Waals surface area contributed by atoms with E-state index in [1.54, 1.807) is 9.47 Å². The van der Waals surface area contributed by atoms with E-state index >= 15 is 0 Å². The minimum atomic E-state index is -0.0966. The first kappa shape index (κ1) is 21.9. The summed E-state index contributed by atoms with van der Waals surface area (Å²) in [5.74, 6) is -0.0577. The van der Waals surface area contributed by atoms with E-state index in [0.717, 1.165) is 37.1 Å². The van der Waals surface area contributed by atoms with Crippen molar-refractivity contribution >= 4 is 22.7 Å². The summed E-state index contributed by atoms with van der Waals surface area (Å²) in [6.45, 7) is 5.62. The van der Waals surface area contributed by atoms with Crippen LogP contribution in [0.2, 0.25) is 0 Å². The summed E-state index contributed by atoms with van der Waals surface area (Å²) < 4.78 is 7.11. The number of carbonyl (C=O) groups is 2. The van der Waals surface area contributed by atoms with Crippen molar-refractivity contribution in [2.75, 3.05) is 52.5 Å². The Morgan fingerprint density at radius 1 is 0.939 bits per heavy atom. The highest BCUT2D eigenvalue weighted by Crippen LogP contribution is 2.26. The summed E-state index contributed by atoms with van der Waals surface area (Å²) in [6.07, 6.45) is 5.22. The smallest absolute Gasteiger partial charge is 0.270 e. The maximum atomic E-state index is 13.2. The van der Waals surface area contributed by atoms with Crippen molar-refractivity contribution < 1.29 is 14.3 Å². The molecular formula is C25H31N5O3. The minimum absolute atomic E-state index is 0.0389. The zero-order chi connectivity index (χ0) is 22.8. The molecule has 2 aliphatic heterocycles. The number of fused-ring (bicyclic) bond motifs is 1. The molecule has 3 aliphatic rings. The number of piperazine rings is 1. The van der Waals surface area contributed by atoms with E-state index in [0.29, 0.717) is 43.6 Å². The third kappa shape index (κ3) is 4.35. The van der Waals surface area contributed by atoms with E-state index in [-0.39, 0.29) is 18.4 Å². The summed E-state index contributed by atoms with van der Waals surface area (Å²) in [4.78, 5) is 32.6. The van der Waals surface area contributed by atoms with Crippen molar-refractivity contribution in [3.05, 3.63) is 35.5 Å². The first-order valence-corrected chi connectivity index (χ1v) is 12.1. The van der Waals surface area contributed by atoms with Crippen molar-refractivity contribution in [2.45, 2.75) is 38.3 Å². The predicted octanol–water partition coefficient (Wildman–Crippen LogP) is 2.34. The maximum absolute atomic E-state index is 13.2. The van der Waals surface area contributed by atoms with Gasteiger partial charge in [0.2, 0.25) is 0 Å². The number of nitriles is 1. The third-order valence-electron chi connectivity index (χ3n) is 7.34. The Hall–Kier alpha value is -2.89. The van der Waals surface area contributed by atoms with Gasteiger partial charge in [-0.3, -0.25) is 14.5 Å². The molecule has 2 amide bonds. The minimum Gasteiger partial charge on any atom is -0.378 e. The lowest BCUT2D eigenvalue weighted by molar-refractivity contribution is 0.0296. The molecule has 0 bridgehead atoms. The first-order chi connectivity index (χ1) is 16.2. The molecule has 8 nitrogen and oxygen atoms in total. The predicted molar refractivity (Wildman–Crippen MR) is 124 cm³/mol. The molecule has 174 valence electrons. The van der Waals surface area contributed by atoms with Gasteiger partial charge in [-0.1, -0.05) is 12.8 Å². The number of amides is 2. The molecule has 1 saturated carbocycles. The molecule has 8 heteroatoms. The fourth-order valence-electron chi connectivity index (χ4n) is 5.49. The van der Waals surface area contributed by atoms with Crippen molar-refractivity contribution in [3.63, 3.8) is 0 Å². The van der Waals surface area contributed by atoms with E-state index in [1.165, 1.54) is 25.7 Å². The van der Waals surface area contributed by atoms with Crippen LogP contribution in [0.4, 0.5) is 0 Å². The van der Waals surface area contributed by atoms with E-state index in [4.69, 9.17) is 4.74 Å². The van der Waals surface area contributed by atoms with Crippen LogP contribution in [0.15, 0.2) is 24.3 Å². The standard InChI is InChI=1S/C25H31N5O3/c26-7-8-30-22-6-5-19(17-20(22)18-23(30)25(32)29-13-15-33-16-14-29)24(31)28-11-9-27(10-12-28)21-3-1-2-4-21/h5-6,17-18,21H,1-4,8-16H2. The highest BCUT2D eigenvalue weighted by atomic mass is 16.5. The molecule has 2 saturated heterocycles. The maximum Gasteiger partial charge on any atom is 0.270 e. The Morgan fingerprint density at radius 2 is 1.64 bits per heavy atom. The quantitative estimate of drug-likeness (QED) is 0.716. The number of hydrogen-bond acceptors (Lipinski definition) is 5. The lowest BCUT2D eigenvalue weighted by Gasteiger charge is -2.38. The Labute approximate surface area is 194 Å². The van der Waals surface area contributed by atoms with Crippen molar-refractivity contribution in [1.82, 2.24) is 19.3 Å².